The molecule has 1 fully saturated rings. The van der Waals surface area contributed by atoms with Crippen LogP contribution in [0, 0.1) is 11.8 Å². The third-order valence-corrected chi connectivity index (χ3v) is 5.17. The lowest BCUT2D eigenvalue weighted by atomic mass is 9.79. The van der Waals surface area contributed by atoms with E-state index in [1.165, 1.54) is 43.4 Å². The number of carbonyl (C=O) groups is 1. The standard InChI is InChI=1S/C15H25N3OS/c1-3-5-6-11-7-9-12(10-8-11)14(19)16-15-18-17-13(4-2)20-15/h11-12H,3-10H2,1-2H3,(H,16,18,19). The lowest BCUT2D eigenvalue weighted by molar-refractivity contribution is -0.121. The Labute approximate surface area is 125 Å². The van der Waals surface area contributed by atoms with Gasteiger partial charge in [-0.05, 0) is 38.0 Å². The van der Waals surface area contributed by atoms with Gasteiger partial charge < -0.3 is 5.32 Å². The summed E-state index contributed by atoms with van der Waals surface area (Å²) in [5.41, 5.74) is 0. The molecule has 112 valence electrons. The molecular weight excluding hydrogens is 270 g/mol. The quantitative estimate of drug-likeness (QED) is 0.862. The van der Waals surface area contributed by atoms with Gasteiger partial charge in [-0.1, -0.05) is 44.4 Å². The molecule has 0 saturated heterocycles. The Kier molecular flexibility index (Phi) is 5.95. The van der Waals surface area contributed by atoms with Gasteiger partial charge in [0, 0.05) is 5.92 Å². The number of nitrogens with zero attached hydrogens (tertiary/aromatic N) is 2. The lowest BCUT2D eigenvalue weighted by Gasteiger charge is -2.27. The van der Waals surface area contributed by atoms with E-state index in [0.29, 0.717) is 5.13 Å². The van der Waals surface area contributed by atoms with E-state index < -0.39 is 0 Å². The van der Waals surface area contributed by atoms with Crippen LogP contribution < -0.4 is 5.32 Å². The highest BCUT2D eigenvalue weighted by molar-refractivity contribution is 7.15. The number of nitrogens with one attached hydrogen (secondary N) is 1. The van der Waals surface area contributed by atoms with Gasteiger partial charge in [0.2, 0.25) is 11.0 Å². The van der Waals surface area contributed by atoms with Gasteiger partial charge in [-0.3, -0.25) is 4.79 Å². The number of carbonyl (C=O) groups excluding carboxylic acids is 1. The normalized spacial score (nSPS) is 22.7. The average Bonchev–Trinajstić information content (AvgIpc) is 2.93. The van der Waals surface area contributed by atoms with Crippen LogP contribution in [0.4, 0.5) is 5.13 Å². The van der Waals surface area contributed by atoms with Crippen LogP contribution in [-0.4, -0.2) is 16.1 Å². The number of hydrogen-bond acceptors (Lipinski definition) is 4. The molecule has 1 aromatic heterocycles. The predicted octanol–water partition coefficient (Wildman–Crippen LogP) is 4.04. The molecule has 0 aromatic carbocycles. The monoisotopic (exact) mass is 295 g/mol. The van der Waals surface area contributed by atoms with Crippen molar-refractivity contribution >= 4 is 22.4 Å². The van der Waals surface area contributed by atoms with Gasteiger partial charge in [0.25, 0.3) is 0 Å². The summed E-state index contributed by atoms with van der Waals surface area (Å²) in [6.45, 7) is 4.29. The minimum absolute atomic E-state index is 0.137. The fourth-order valence-corrected chi connectivity index (χ4v) is 3.54. The summed E-state index contributed by atoms with van der Waals surface area (Å²) in [6, 6.07) is 0. The third kappa shape index (κ3) is 4.27. The van der Waals surface area contributed by atoms with Crippen molar-refractivity contribution in [3.05, 3.63) is 5.01 Å². The molecule has 0 unspecified atom stereocenters. The fourth-order valence-electron chi connectivity index (χ4n) is 2.86. The lowest BCUT2D eigenvalue weighted by Crippen LogP contribution is -2.27. The van der Waals surface area contributed by atoms with Crippen LogP contribution in [0.5, 0.6) is 0 Å². The predicted molar refractivity (Wildman–Crippen MR) is 82.9 cm³/mol. The molecule has 0 radical (unpaired) electrons. The average molecular weight is 295 g/mol. The molecular formula is C15H25N3OS. The Morgan fingerprint density at radius 1 is 1.25 bits per heavy atom. The number of unbranched alkanes of at least 4 members (excludes halogenated alkanes) is 1. The first-order chi connectivity index (χ1) is 9.72. The van der Waals surface area contributed by atoms with Crippen LogP contribution >= 0.6 is 11.3 Å². The minimum atomic E-state index is 0.137. The smallest absolute Gasteiger partial charge is 0.229 e. The summed E-state index contributed by atoms with van der Waals surface area (Å²) in [5.74, 6) is 1.15. The molecule has 1 heterocycles. The Morgan fingerprint density at radius 2 is 2.00 bits per heavy atom. The van der Waals surface area contributed by atoms with Gasteiger partial charge in [-0.25, -0.2) is 0 Å². The molecule has 1 aliphatic carbocycles. The maximum atomic E-state index is 12.2. The van der Waals surface area contributed by atoms with Crippen molar-refractivity contribution in [2.75, 3.05) is 5.32 Å². The van der Waals surface area contributed by atoms with Crippen molar-refractivity contribution in [3.8, 4) is 0 Å². The maximum absolute atomic E-state index is 12.2. The molecule has 0 spiro atoms. The first-order valence-electron chi connectivity index (χ1n) is 7.86. The van der Waals surface area contributed by atoms with Gasteiger partial charge >= 0.3 is 0 Å². The van der Waals surface area contributed by atoms with Crippen molar-refractivity contribution in [1.29, 1.82) is 0 Å². The zero-order chi connectivity index (χ0) is 14.4. The van der Waals surface area contributed by atoms with Gasteiger partial charge in [-0.15, -0.1) is 10.2 Å². The zero-order valence-corrected chi connectivity index (χ0v) is 13.3. The van der Waals surface area contributed by atoms with E-state index in [1.54, 1.807) is 0 Å². The summed E-state index contributed by atoms with van der Waals surface area (Å²) in [6.07, 6.45) is 9.27. The molecule has 5 heteroatoms. The Hall–Kier alpha value is -0.970. The van der Waals surface area contributed by atoms with Crippen LogP contribution in [-0.2, 0) is 11.2 Å². The van der Waals surface area contributed by atoms with Crippen molar-refractivity contribution in [3.63, 3.8) is 0 Å². The molecule has 1 saturated carbocycles. The Morgan fingerprint density at radius 3 is 2.60 bits per heavy atom. The molecule has 0 bridgehead atoms. The van der Waals surface area contributed by atoms with E-state index in [4.69, 9.17) is 0 Å². The van der Waals surface area contributed by atoms with Crippen LogP contribution in [0.2, 0.25) is 0 Å². The number of aryl methyl sites for hydroxylation is 1. The number of amides is 1. The molecule has 1 N–H and O–H groups in total. The number of aromatic nitrogens is 2. The number of hydrogen-bond donors (Lipinski definition) is 1. The van der Waals surface area contributed by atoms with E-state index in [9.17, 15) is 4.79 Å². The highest BCUT2D eigenvalue weighted by atomic mass is 32.1. The van der Waals surface area contributed by atoms with Crippen molar-refractivity contribution in [2.45, 2.75) is 65.2 Å². The van der Waals surface area contributed by atoms with Gasteiger partial charge in [0.05, 0.1) is 0 Å². The molecule has 20 heavy (non-hydrogen) atoms. The summed E-state index contributed by atoms with van der Waals surface area (Å²) >= 11 is 1.48. The number of rotatable bonds is 6. The zero-order valence-electron chi connectivity index (χ0n) is 12.5. The maximum Gasteiger partial charge on any atom is 0.229 e. The Balaban J connectivity index is 1.76. The van der Waals surface area contributed by atoms with Gasteiger partial charge in [0.1, 0.15) is 5.01 Å². The van der Waals surface area contributed by atoms with Gasteiger partial charge in [0.15, 0.2) is 0 Å². The second-order valence-corrected chi connectivity index (χ2v) is 6.77. The van der Waals surface area contributed by atoms with E-state index >= 15 is 0 Å². The van der Waals surface area contributed by atoms with Crippen molar-refractivity contribution < 1.29 is 4.79 Å². The minimum Gasteiger partial charge on any atom is -0.300 e. The highest BCUT2D eigenvalue weighted by Crippen LogP contribution is 2.32. The van der Waals surface area contributed by atoms with E-state index in [-0.39, 0.29) is 11.8 Å². The van der Waals surface area contributed by atoms with Crippen molar-refractivity contribution in [1.82, 2.24) is 10.2 Å². The van der Waals surface area contributed by atoms with Crippen LogP contribution in [0.3, 0.4) is 0 Å². The molecule has 0 atom stereocenters. The SMILES string of the molecule is CCCCC1CCC(C(=O)Nc2nnc(CC)s2)CC1. The molecule has 1 amide bonds. The fraction of sp³-hybridized carbons (Fsp3) is 0.800. The highest BCUT2D eigenvalue weighted by Gasteiger charge is 2.26. The summed E-state index contributed by atoms with van der Waals surface area (Å²) in [7, 11) is 0. The summed E-state index contributed by atoms with van der Waals surface area (Å²) in [5, 5.41) is 12.6. The molecule has 2 rings (SSSR count). The van der Waals surface area contributed by atoms with Crippen LogP contribution in [0.1, 0.15) is 63.8 Å². The molecule has 1 aliphatic rings. The van der Waals surface area contributed by atoms with E-state index in [1.807, 2.05) is 6.92 Å². The van der Waals surface area contributed by atoms with E-state index in [0.717, 1.165) is 30.2 Å². The first kappa shape index (κ1) is 15.4. The molecule has 0 aliphatic heterocycles. The van der Waals surface area contributed by atoms with Crippen molar-refractivity contribution in [2.24, 2.45) is 11.8 Å². The molecule has 1 aromatic rings. The topological polar surface area (TPSA) is 54.9 Å². The van der Waals surface area contributed by atoms with E-state index in [2.05, 4.69) is 22.4 Å². The second kappa shape index (κ2) is 7.72. The molecule has 4 nitrogen and oxygen atoms in total. The summed E-state index contributed by atoms with van der Waals surface area (Å²) < 4.78 is 0. The second-order valence-electron chi connectivity index (χ2n) is 5.70. The van der Waals surface area contributed by atoms with Gasteiger partial charge in [-0.2, -0.15) is 0 Å². The number of anilines is 1. The largest absolute Gasteiger partial charge is 0.300 e. The third-order valence-electron chi connectivity index (χ3n) is 4.18. The van der Waals surface area contributed by atoms with Crippen LogP contribution in [0.25, 0.3) is 0 Å². The summed E-state index contributed by atoms with van der Waals surface area (Å²) in [4.78, 5) is 12.2. The van der Waals surface area contributed by atoms with Crippen LogP contribution in [0.15, 0.2) is 0 Å². The first-order valence-corrected chi connectivity index (χ1v) is 8.67. The Bertz CT molecular complexity index is 425.